The second-order valence-electron chi connectivity index (χ2n) is 8.00. The van der Waals surface area contributed by atoms with Crippen molar-refractivity contribution in [2.75, 3.05) is 18.0 Å². The number of carbonyl (C=O) groups excluding carboxylic acids is 2. The summed E-state index contributed by atoms with van der Waals surface area (Å²) >= 11 is 0. The standard InChI is InChI=1S/C25H21F4N3O2/c26-21-8-3-17(4-9-21)5-10-22(33)19-11-12-30-23(15-19)32-14-13-31(24(32)34)16-18-1-6-20(7-2-18)25(27,28)29/h1-4,6-9,11-12,15H,5,10,13-14,16H2. The molecule has 2 heterocycles. The number of urea groups is 1. The number of ketones is 1. The molecule has 3 aromatic rings. The first-order chi connectivity index (χ1) is 16.2. The fourth-order valence-corrected chi connectivity index (χ4v) is 3.75. The second kappa shape index (κ2) is 9.62. The lowest BCUT2D eigenvalue weighted by molar-refractivity contribution is -0.137. The van der Waals surface area contributed by atoms with Gasteiger partial charge in [0.1, 0.15) is 11.6 Å². The number of benzene rings is 2. The van der Waals surface area contributed by atoms with E-state index in [1.807, 2.05) is 0 Å². The van der Waals surface area contributed by atoms with Gasteiger partial charge < -0.3 is 4.90 Å². The zero-order chi connectivity index (χ0) is 24.3. The van der Waals surface area contributed by atoms with E-state index >= 15 is 0 Å². The van der Waals surface area contributed by atoms with Crippen molar-refractivity contribution in [1.82, 2.24) is 9.88 Å². The van der Waals surface area contributed by atoms with Gasteiger partial charge in [0, 0.05) is 37.8 Å². The second-order valence-corrected chi connectivity index (χ2v) is 8.00. The number of anilines is 1. The van der Waals surface area contributed by atoms with Crippen LogP contribution < -0.4 is 4.90 Å². The summed E-state index contributed by atoms with van der Waals surface area (Å²) in [5.41, 5.74) is 1.11. The van der Waals surface area contributed by atoms with Crippen LogP contribution >= 0.6 is 0 Å². The number of alkyl halides is 3. The van der Waals surface area contributed by atoms with E-state index < -0.39 is 11.7 Å². The zero-order valence-corrected chi connectivity index (χ0v) is 18.1. The molecule has 0 aliphatic carbocycles. The third-order valence-electron chi connectivity index (χ3n) is 5.65. The van der Waals surface area contributed by atoms with Crippen molar-refractivity contribution >= 4 is 17.6 Å². The smallest absolute Gasteiger partial charge is 0.318 e. The third kappa shape index (κ3) is 5.41. The number of aryl methyl sites for hydroxylation is 1. The Morgan fingerprint density at radius 2 is 1.62 bits per heavy atom. The van der Waals surface area contributed by atoms with Gasteiger partial charge in [-0.25, -0.2) is 14.2 Å². The Labute approximate surface area is 193 Å². The summed E-state index contributed by atoms with van der Waals surface area (Å²) in [5, 5.41) is 0. The Morgan fingerprint density at radius 1 is 0.941 bits per heavy atom. The van der Waals surface area contributed by atoms with Gasteiger partial charge >= 0.3 is 12.2 Å². The van der Waals surface area contributed by atoms with E-state index in [9.17, 15) is 27.2 Å². The first-order valence-corrected chi connectivity index (χ1v) is 10.7. The summed E-state index contributed by atoms with van der Waals surface area (Å²) in [4.78, 5) is 32.7. The number of rotatable bonds is 7. The maximum absolute atomic E-state index is 13.0. The van der Waals surface area contributed by atoms with Crippen molar-refractivity contribution < 1.29 is 27.2 Å². The first kappa shape index (κ1) is 23.4. The van der Waals surface area contributed by atoms with E-state index in [0.29, 0.717) is 36.5 Å². The Hall–Kier alpha value is -3.75. The number of nitrogens with zero attached hydrogens (tertiary/aromatic N) is 3. The molecule has 0 saturated carbocycles. The van der Waals surface area contributed by atoms with Gasteiger partial charge in [0.2, 0.25) is 0 Å². The highest BCUT2D eigenvalue weighted by Crippen LogP contribution is 2.29. The molecule has 0 bridgehead atoms. The fraction of sp³-hybridized carbons (Fsp3) is 0.240. The first-order valence-electron chi connectivity index (χ1n) is 10.7. The molecule has 1 saturated heterocycles. The summed E-state index contributed by atoms with van der Waals surface area (Å²) in [6.07, 6.45) is -2.26. The van der Waals surface area contributed by atoms with Crippen LogP contribution in [0.4, 0.5) is 28.2 Å². The maximum atomic E-state index is 13.0. The number of halogens is 4. The van der Waals surface area contributed by atoms with E-state index in [-0.39, 0.29) is 30.6 Å². The minimum Gasteiger partial charge on any atom is -0.318 e. The Morgan fingerprint density at radius 3 is 2.29 bits per heavy atom. The van der Waals surface area contributed by atoms with E-state index in [1.165, 1.54) is 40.3 Å². The van der Waals surface area contributed by atoms with Crippen molar-refractivity contribution in [2.24, 2.45) is 0 Å². The normalized spacial score (nSPS) is 14.1. The van der Waals surface area contributed by atoms with Crippen LogP contribution in [0.3, 0.4) is 0 Å². The lowest BCUT2D eigenvalue weighted by Gasteiger charge is -2.18. The number of hydrogen-bond donors (Lipinski definition) is 0. The number of hydrogen-bond acceptors (Lipinski definition) is 3. The molecule has 1 aromatic heterocycles. The van der Waals surface area contributed by atoms with Gasteiger partial charge in [0.05, 0.1) is 5.56 Å². The van der Waals surface area contributed by atoms with Gasteiger partial charge in [-0.05, 0) is 53.9 Å². The molecule has 34 heavy (non-hydrogen) atoms. The molecular weight excluding hydrogens is 450 g/mol. The Balaban J connectivity index is 1.39. The number of amides is 2. The fourth-order valence-electron chi connectivity index (χ4n) is 3.75. The molecule has 1 fully saturated rings. The largest absolute Gasteiger partial charge is 0.416 e. The summed E-state index contributed by atoms with van der Waals surface area (Å²) in [5.74, 6) is -0.120. The maximum Gasteiger partial charge on any atom is 0.416 e. The molecule has 0 spiro atoms. The van der Waals surface area contributed by atoms with Crippen molar-refractivity contribution in [3.8, 4) is 0 Å². The molecule has 9 heteroatoms. The summed E-state index contributed by atoms with van der Waals surface area (Å²) < 4.78 is 51.3. The molecule has 0 atom stereocenters. The van der Waals surface area contributed by atoms with Gasteiger partial charge in [-0.2, -0.15) is 13.2 Å². The van der Waals surface area contributed by atoms with E-state index in [4.69, 9.17) is 0 Å². The van der Waals surface area contributed by atoms with Crippen LogP contribution in [0.15, 0.2) is 66.9 Å². The summed E-state index contributed by atoms with van der Waals surface area (Å²) in [6, 6.07) is 13.5. The molecule has 0 unspecified atom stereocenters. The van der Waals surface area contributed by atoms with Crippen LogP contribution in [0.5, 0.6) is 0 Å². The number of pyridine rings is 1. The number of aromatic nitrogens is 1. The van der Waals surface area contributed by atoms with Crippen molar-refractivity contribution in [3.05, 3.63) is 94.9 Å². The molecule has 0 radical (unpaired) electrons. The van der Waals surface area contributed by atoms with E-state index in [2.05, 4.69) is 4.98 Å². The lowest BCUT2D eigenvalue weighted by Crippen LogP contribution is -2.32. The highest BCUT2D eigenvalue weighted by molar-refractivity contribution is 5.98. The molecule has 2 amide bonds. The topological polar surface area (TPSA) is 53.5 Å². The van der Waals surface area contributed by atoms with Gasteiger partial charge in [-0.15, -0.1) is 0 Å². The van der Waals surface area contributed by atoms with Crippen LogP contribution in [-0.4, -0.2) is 34.8 Å². The molecule has 1 aliphatic rings. The third-order valence-corrected chi connectivity index (χ3v) is 5.65. The molecule has 2 aromatic carbocycles. The Bertz CT molecular complexity index is 1180. The highest BCUT2D eigenvalue weighted by Gasteiger charge is 2.32. The SMILES string of the molecule is O=C(CCc1ccc(F)cc1)c1ccnc(N2CCN(Cc3ccc(C(F)(F)F)cc3)C2=O)c1. The lowest BCUT2D eigenvalue weighted by atomic mass is 10.0. The highest BCUT2D eigenvalue weighted by atomic mass is 19.4. The molecular formula is C25H21F4N3O2. The quantitative estimate of drug-likeness (QED) is 0.338. The Kier molecular flexibility index (Phi) is 6.63. The number of carbonyl (C=O) groups is 2. The number of Topliss-reactive ketones (excluding diaryl/α,β-unsaturated/α-hetero) is 1. The van der Waals surface area contributed by atoms with E-state index in [0.717, 1.165) is 17.7 Å². The van der Waals surface area contributed by atoms with Crippen LogP contribution in [0, 0.1) is 5.82 Å². The molecule has 176 valence electrons. The van der Waals surface area contributed by atoms with Crippen LogP contribution in [-0.2, 0) is 19.1 Å². The predicted octanol–water partition coefficient (Wildman–Crippen LogP) is 5.50. The minimum atomic E-state index is -4.41. The summed E-state index contributed by atoms with van der Waals surface area (Å²) in [6.45, 7) is 0.897. The van der Waals surface area contributed by atoms with Crippen molar-refractivity contribution in [1.29, 1.82) is 0 Å². The average molecular weight is 471 g/mol. The van der Waals surface area contributed by atoms with Gasteiger partial charge in [0.15, 0.2) is 5.78 Å². The molecule has 0 N–H and O–H groups in total. The van der Waals surface area contributed by atoms with Crippen molar-refractivity contribution in [3.63, 3.8) is 0 Å². The average Bonchev–Trinajstić information content (AvgIpc) is 3.18. The summed E-state index contributed by atoms with van der Waals surface area (Å²) in [7, 11) is 0. The molecule has 5 nitrogen and oxygen atoms in total. The van der Waals surface area contributed by atoms with Crippen molar-refractivity contribution in [2.45, 2.75) is 25.6 Å². The molecule has 4 rings (SSSR count). The molecule has 1 aliphatic heterocycles. The van der Waals surface area contributed by atoms with Crippen LogP contribution in [0.25, 0.3) is 0 Å². The minimum absolute atomic E-state index is 0.124. The zero-order valence-electron chi connectivity index (χ0n) is 18.1. The monoisotopic (exact) mass is 471 g/mol. The van der Waals surface area contributed by atoms with Crippen LogP contribution in [0.1, 0.15) is 33.5 Å². The van der Waals surface area contributed by atoms with Gasteiger partial charge in [-0.1, -0.05) is 24.3 Å². The van der Waals surface area contributed by atoms with Crippen LogP contribution in [0.2, 0.25) is 0 Å². The predicted molar refractivity (Wildman–Crippen MR) is 118 cm³/mol. The van der Waals surface area contributed by atoms with Gasteiger partial charge in [-0.3, -0.25) is 9.69 Å². The van der Waals surface area contributed by atoms with Gasteiger partial charge in [0.25, 0.3) is 0 Å². The van der Waals surface area contributed by atoms with E-state index in [1.54, 1.807) is 24.3 Å².